The van der Waals surface area contributed by atoms with E-state index in [-0.39, 0.29) is 5.75 Å². The van der Waals surface area contributed by atoms with Gasteiger partial charge in [0.25, 0.3) is 0 Å². The Morgan fingerprint density at radius 1 is 1.12 bits per heavy atom. The van der Waals surface area contributed by atoms with Gasteiger partial charge >= 0.3 is 5.97 Å². The maximum atomic E-state index is 11.5. The highest BCUT2D eigenvalue weighted by molar-refractivity contribution is 7.14. The minimum Gasteiger partial charge on any atom is -0.508 e. The van der Waals surface area contributed by atoms with Crippen LogP contribution in [-0.2, 0) is 11.2 Å². The Balaban J connectivity index is 1.73. The topological polar surface area (TPSA) is 82.5 Å². The van der Waals surface area contributed by atoms with E-state index in [0.29, 0.717) is 11.6 Å². The maximum Gasteiger partial charge on any atom is 0.326 e. The molecule has 3 aromatic rings. The molecule has 1 aromatic heterocycles. The number of carboxylic acid groups (broad SMARTS) is 1. The van der Waals surface area contributed by atoms with Crippen LogP contribution in [0.15, 0.2) is 60.0 Å². The summed E-state index contributed by atoms with van der Waals surface area (Å²) in [5.74, 6) is -0.787. The zero-order chi connectivity index (χ0) is 16.9. The molecule has 6 heteroatoms. The number of nitrogens with zero attached hydrogens (tertiary/aromatic N) is 1. The van der Waals surface area contributed by atoms with Gasteiger partial charge in [-0.15, -0.1) is 11.3 Å². The first-order chi connectivity index (χ1) is 11.6. The van der Waals surface area contributed by atoms with Gasteiger partial charge in [0.1, 0.15) is 11.8 Å². The molecular weight excluding hydrogens is 324 g/mol. The molecule has 0 aliphatic carbocycles. The number of nitrogens with one attached hydrogen (secondary N) is 1. The number of hydrogen-bond donors (Lipinski definition) is 3. The average Bonchev–Trinajstić information content (AvgIpc) is 3.05. The Labute approximate surface area is 143 Å². The zero-order valence-corrected chi connectivity index (χ0v) is 13.5. The van der Waals surface area contributed by atoms with Crippen molar-refractivity contribution in [2.75, 3.05) is 5.32 Å². The van der Waals surface area contributed by atoms with Gasteiger partial charge in [-0.3, -0.25) is 0 Å². The molecule has 0 saturated carbocycles. The van der Waals surface area contributed by atoms with Crippen LogP contribution in [0.25, 0.3) is 11.3 Å². The van der Waals surface area contributed by atoms with Crippen molar-refractivity contribution in [3.8, 4) is 17.0 Å². The molecule has 24 heavy (non-hydrogen) atoms. The van der Waals surface area contributed by atoms with Crippen molar-refractivity contribution in [3.63, 3.8) is 0 Å². The van der Waals surface area contributed by atoms with Gasteiger partial charge in [-0.2, -0.15) is 0 Å². The molecule has 2 aromatic carbocycles. The van der Waals surface area contributed by atoms with E-state index in [0.717, 1.165) is 16.8 Å². The molecule has 1 heterocycles. The Morgan fingerprint density at radius 3 is 2.50 bits per heavy atom. The van der Waals surface area contributed by atoms with Crippen molar-refractivity contribution in [2.45, 2.75) is 12.5 Å². The molecule has 3 N–H and O–H groups in total. The summed E-state index contributed by atoms with van der Waals surface area (Å²) in [7, 11) is 0. The second kappa shape index (κ2) is 7.14. The smallest absolute Gasteiger partial charge is 0.326 e. The van der Waals surface area contributed by atoms with E-state index in [9.17, 15) is 15.0 Å². The van der Waals surface area contributed by atoms with Gasteiger partial charge < -0.3 is 15.5 Å². The first-order valence-electron chi connectivity index (χ1n) is 7.40. The van der Waals surface area contributed by atoms with Gasteiger partial charge in [0, 0.05) is 17.4 Å². The molecule has 0 bridgehead atoms. The molecule has 0 fully saturated rings. The van der Waals surface area contributed by atoms with E-state index in [4.69, 9.17) is 0 Å². The van der Waals surface area contributed by atoms with Crippen molar-refractivity contribution in [3.05, 3.63) is 65.5 Å². The summed E-state index contributed by atoms with van der Waals surface area (Å²) in [6.07, 6.45) is 0.301. The highest BCUT2D eigenvalue weighted by Crippen LogP contribution is 2.25. The lowest BCUT2D eigenvalue weighted by molar-refractivity contribution is -0.137. The Morgan fingerprint density at radius 2 is 1.83 bits per heavy atom. The molecule has 5 nitrogen and oxygen atoms in total. The lowest BCUT2D eigenvalue weighted by atomic mass is 10.1. The normalized spacial score (nSPS) is 11.8. The van der Waals surface area contributed by atoms with E-state index in [1.165, 1.54) is 11.3 Å². The summed E-state index contributed by atoms with van der Waals surface area (Å²) in [6.45, 7) is 0. The highest BCUT2D eigenvalue weighted by Gasteiger charge is 2.19. The maximum absolute atomic E-state index is 11.5. The van der Waals surface area contributed by atoms with E-state index in [1.54, 1.807) is 24.3 Å². The quantitative estimate of drug-likeness (QED) is 0.638. The van der Waals surface area contributed by atoms with E-state index in [2.05, 4.69) is 10.3 Å². The van der Waals surface area contributed by atoms with Crippen LogP contribution in [0.5, 0.6) is 5.75 Å². The third-order valence-electron chi connectivity index (χ3n) is 3.55. The third-order valence-corrected chi connectivity index (χ3v) is 4.32. The van der Waals surface area contributed by atoms with E-state index >= 15 is 0 Å². The standard InChI is InChI=1S/C18H16N2O3S/c21-14-8-6-12(7-9-14)10-15(17(22)23)19-18-20-16(11-24-18)13-4-2-1-3-5-13/h1-9,11,15,21H,10H2,(H,19,20)(H,22,23)/t15-/m0/s1. The molecule has 0 radical (unpaired) electrons. The van der Waals surface area contributed by atoms with Gasteiger partial charge in [0.15, 0.2) is 5.13 Å². The fourth-order valence-electron chi connectivity index (χ4n) is 2.30. The summed E-state index contributed by atoms with van der Waals surface area (Å²) >= 11 is 1.38. The van der Waals surface area contributed by atoms with Crippen molar-refractivity contribution in [1.29, 1.82) is 0 Å². The van der Waals surface area contributed by atoms with Crippen molar-refractivity contribution < 1.29 is 15.0 Å². The van der Waals surface area contributed by atoms with E-state index < -0.39 is 12.0 Å². The Kier molecular flexibility index (Phi) is 4.77. The first kappa shape index (κ1) is 16.0. The van der Waals surface area contributed by atoms with Gasteiger partial charge in [-0.1, -0.05) is 42.5 Å². The number of aromatic hydroxyl groups is 1. The number of carboxylic acids is 1. The first-order valence-corrected chi connectivity index (χ1v) is 8.28. The fraction of sp³-hybridized carbons (Fsp3) is 0.111. The van der Waals surface area contributed by atoms with Crippen LogP contribution in [0.1, 0.15) is 5.56 Å². The number of aliphatic carboxylic acids is 1. The highest BCUT2D eigenvalue weighted by atomic mass is 32.1. The molecule has 0 spiro atoms. The number of anilines is 1. The van der Waals surface area contributed by atoms with Gasteiger partial charge in [-0.25, -0.2) is 9.78 Å². The number of hydrogen-bond acceptors (Lipinski definition) is 5. The number of benzene rings is 2. The van der Waals surface area contributed by atoms with Gasteiger partial charge in [0.05, 0.1) is 5.69 Å². The monoisotopic (exact) mass is 340 g/mol. The number of phenolic OH excluding ortho intramolecular Hbond substituents is 1. The largest absolute Gasteiger partial charge is 0.508 e. The summed E-state index contributed by atoms with van der Waals surface area (Å²) in [6, 6.07) is 15.5. The van der Waals surface area contributed by atoms with Crippen LogP contribution in [0.2, 0.25) is 0 Å². The molecular formula is C18H16N2O3S. The molecule has 122 valence electrons. The number of carbonyl (C=O) groups is 1. The predicted molar refractivity (Wildman–Crippen MR) is 94.4 cm³/mol. The summed E-state index contributed by atoms with van der Waals surface area (Å²) < 4.78 is 0. The van der Waals surface area contributed by atoms with Crippen molar-refractivity contribution in [1.82, 2.24) is 4.98 Å². The Hall–Kier alpha value is -2.86. The molecule has 3 rings (SSSR count). The summed E-state index contributed by atoms with van der Waals surface area (Å²) in [5.41, 5.74) is 2.64. The van der Waals surface area contributed by atoms with Gasteiger partial charge in [-0.05, 0) is 17.7 Å². The van der Waals surface area contributed by atoms with Crippen molar-refractivity contribution in [2.24, 2.45) is 0 Å². The van der Waals surface area contributed by atoms with E-state index in [1.807, 2.05) is 35.7 Å². The number of thiazole rings is 1. The second-order valence-corrected chi connectivity index (χ2v) is 6.17. The minimum absolute atomic E-state index is 0.158. The number of phenols is 1. The van der Waals surface area contributed by atoms with Crippen LogP contribution >= 0.6 is 11.3 Å². The second-order valence-electron chi connectivity index (χ2n) is 5.31. The summed E-state index contributed by atoms with van der Waals surface area (Å²) in [4.78, 5) is 16.0. The van der Waals surface area contributed by atoms with Crippen LogP contribution < -0.4 is 5.32 Å². The van der Waals surface area contributed by atoms with Crippen LogP contribution in [-0.4, -0.2) is 27.2 Å². The van der Waals surface area contributed by atoms with Crippen LogP contribution in [0, 0.1) is 0 Å². The lowest BCUT2D eigenvalue weighted by Gasteiger charge is -2.13. The number of rotatable bonds is 6. The zero-order valence-electron chi connectivity index (χ0n) is 12.7. The molecule has 0 unspecified atom stereocenters. The third kappa shape index (κ3) is 3.91. The average molecular weight is 340 g/mol. The lowest BCUT2D eigenvalue weighted by Crippen LogP contribution is -2.31. The SMILES string of the molecule is O=C(O)[C@H](Cc1ccc(O)cc1)Nc1nc(-c2ccccc2)cs1. The molecule has 0 saturated heterocycles. The van der Waals surface area contributed by atoms with Gasteiger partial charge in [0.2, 0.25) is 0 Å². The van der Waals surface area contributed by atoms with Crippen molar-refractivity contribution >= 4 is 22.4 Å². The molecule has 1 atom stereocenters. The predicted octanol–water partition coefficient (Wildman–Crippen LogP) is 3.62. The van der Waals surface area contributed by atoms with Crippen LogP contribution in [0.4, 0.5) is 5.13 Å². The molecule has 0 aliphatic rings. The van der Waals surface area contributed by atoms with Crippen LogP contribution in [0.3, 0.4) is 0 Å². The summed E-state index contributed by atoms with van der Waals surface area (Å²) in [5, 5.41) is 24.2. The Bertz CT molecular complexity index is 816. The minimum atomic E-state index is -0.945. The fourth-order valence-corrected chi connectivity index (χ4v) is 3.07. The molecule has 0 amide bonds. The number of aromatic nitrogens is 1. The molecule has 0 aliphatic heterocycles.